The maximum absolute atomic E-state index is 11.2. The minimum atomic E-state index is -0.380. The number of epoxide rings is 1. The van der Waals surface area contributed by atoms with Gasteiger partial charge in [-0.25, -0.2) is 0 Å². The first-order chi connectivity index (χ1) is 4.69. The zero-order valence-electron chi connectivity index (χ0n) is 6.64. The number of carbonyl (C=O) groups is 1. The molecule has 1 aliphatic heterocycles. The van der Waals surface area contributed by atoms with Crippen molar-refractivity contribution in [2.45, 2.75) is 38.7 Å². The van der Waals surface area contributed by atoms with Crippen molar-refractivity contribution >= 4 is 5.78 Å². The standard InChI is InChI=1S/C8H14O2/c1-3-4-5-7(9)8(2)6-10-8/h3-6H2,1-2H3/t8-/m1/s1. The van der Waals surface area contributed by atoms with Gasteiger partial charge in [0.25, 0.3) is 0 Å². The van der Waals surface area contributed by atoms with Crippen LogP contribution in [0.2, 0.25) is 0 Å². The van der Waals surface area contributed by atoms with Crippen LogP contribution in [0.25, 0.3) is 0 Å². The highest BCUT2D eigenvalue weighted by Crippen LogP contribution is 2.28. The summed E-state index contributed by atoms with van der Waals surface area (Å²) in [5, 5.41) is 0. The third-order valence-corrected chi connectivity index (χ3v) is 1.92. The second-order valence-corrected chi connectivity index (χ2v) is 3.05. The molecule has 0 N–H and O–H groups in total. The van der Waals surface area contributed by atoms with E-state index >= 15 is 0 Å². The fraction of sp³-hybridized carbons (Fsp3) is 0.875. The molecular weight excluding hydrogens is 128 g/mol. The van der Waals surface area contributed by atoms with Crippen molar-refractivity contribution in [1.82, 2.24) is 0 Å². The molecule has 0 unspecified atom stereocenters. The molecule has 0 spiro atoms. The molecule has 0 bridgehead atoms. The fourth-order valence-electron chi connectivity index (χ4n) is 0.871. The Bertz CT molecular complexity index is 136. The lowest BCUT2D eigenvalue weighted by Gasteiger charge is -2.01. The van der Waals surface area contributed by atoms with E-state index in [0.29, 0.717) is 13.0 Å². The number of hydrogen-bond acceptors (Lipinski definition) is 2. The zero-order chi connectivity index (χ0) is 7.61. The van der Waals surface area contributed by atoms with Crippen LogP contribution in [0.5, 0.6) is 0 Å². The SMILES string of the molecule is CCCCC(=O)[C@@]1(C)CO1. The first-order valence-corrected chi connectivity index (χ1v) is 3.86. The number of carbonyl (C=O) groups excluding carboxylic acids is 1. The zero-order valence-corrected chi connectivity index (χ0v) is 6.64. The molecule has 1 fully saturated rings. The van der Waals surface area contributed by atoms with Crippen molar-refractivity contribution in [3.8, 4) is 0 Å². The predicted molar refractivity (Wildman–Crippen MR) is 38.9 cm³/mol. The lowest BCUT2D eigenvalue weighted by atomic mass is 10.0. The predicted octanol–water partition coefficient (Wildman–Crippen LogP) is 1.53. The number of unbranched alkanes of at least 4 members (excludes halogenated alkanes) is 1. The van der Waals surface area contributed by atoms with Crippen LogP contribution in [-0.4, -0.2) is 18.0 Å². The van der Waals surface area contributed by atoms with Gasteiger partial charge in [0.05, 0.1) is 6.61 Å². The van der Waals surface area contributed by atoms with Crippen molar-refractivity contribution in [2.75, 3.05) is 6.61 Å². The molecule has 0 aromatic rings. The number of Topliss-reactive ketones (excluding diaryl/α,β-unsaturated/α-hetero) is 1. The highest BCUT2D eigenvalue weighted by atomic mass is 16.6. The lowest BCUT2D eigenvalue weighted by Crippen LogP contribution is -2.19. The number of ether oxygens (including phenoxy) is 1. The molecule has 0 aromatic carbocycles. The van der Waals surface area contributed by atoms with Gasteiger partial charge < -0.3 is 4.74 Å². The summed E-state index contributed by atoms with van der Waals surface area (Å²) >= 11 is 0. The van der Waals surface area contributed by atoms with Crippen LogP contribution < -0.4 is 0 Å². The number of ketones is 1. The van der Waals surface area contributed by atoms with Crippen LogP contribution in [0.3, 0.4) is 0 Å². The van der Waals surface area contributed by atoms with Gasteiger partial charge in [0.1, 0.15) is 5.60 Å². The molecule has 0 amide bonds. The summed E-state index contributed by atoms with van der Waals surface area (Å²) in [6.07, 6.45) is 2.77. The van der Waals surface area contributed by atoms with Crippen LogP contribution in [-0.2, 0) is 9.53 Å². The molecular formula is C8H14O2. The smallest absolute Gasteiger partial charge is 0.166 e. The molecule has 2 nitrogen and oxygen atoms in total. The topological polar surface area (TPSA) is 29.6 Å². The Morgan fingerprint density at radius 1 is 1.70 bits per heavy atom. The van der Waals surface area contributed by atoms with Crippen molar-refractivity contribution in [1.29, 1.82) is 0 Å². The molecule has 0 saturated carbocycles. The van der Waals surface area contributed by atoms with Gasteiger partial charge in [-0.15, -0.1) is 0 Å². The molecule has 1 rings (SSSR count). The van der Waals surface area contributed by atoms with Gasteiger partial charge in [-0.1, -0.05) is 13.3 Å². The first-order valence-electron chi connectivity index (χ1n) is 3.86. The van der Waals surface area contributed by atoms with Crippen molar-refractivity contribution in [3.05, 3.63) is 0 Å². The van der Waals surface area contributed by atoms with E-state index in [1.807, 2.05) is 6.92 Å². The van der Waals surface area contributed by atoms with Crippen molar-refractivity contribution in [2.24, 2.45) is 0 Å². The minimum Gasteiger partial charge on any atom is -0.362 e. The number of rotatable bonds is 4. The molecule has 1 aliphatic rings. The maximum Gasteiger partial charge on any atom is 0.166 e. The van der Waals surface area contributed by atoms with Crippen LogP contribution in [0.15, 0.2) is 0 Å². The molecule has 1 heterocycles. The summed E-state index contributed by atoms with van der Waals surface area (Å²) in [5.41, 5.74) is -0.380. The monoisotopic (exact) mass is 142 g/mol. The van der Waals surface area contributed by atoms with E-state index in [0.717, 1.165) is 12.8 Å². The summed E-state index contributed by atoms with van der Waals surface area (Å²) < 4.78 is 5.01. The van der Waals surface area contributed by atoms with E-state index in [2.05, 4.69) is 6.92 Å². The van der Waals surface area contributed by atoms with E-state index in [1.54, 1.807) is 0 Å². The van der Waals surface area contributed by atoms with Gasteiger partial charge in [0, 0.05) is 6.42 Å². The highest BCUT2D eigenvalue weighted by molar-refractivity contribution is 5.89. The maximum atomic E-state index is 11.2. The minimum absolute atomic E-state index is 0.273. The van der Waals surface area contributed by atoms with Crippen molar-refractivity contribution in [3.63, 3.8) is 0 Å². The third-order valence-electron chi connectivity index (χ3n) is 1.92. The molecule has 1 saturated heterocycles. The Morgan fingerprint density at radius 2 is 2.30 bits per heavy atom. The molecule has 10 heavy (non-hydrogen) atoms. The van der Waals surface area contributed by atoms with Gasteiger partial charge in [-0.05, 0) is 13.3 Å². The Morgan fingerprint density at radius 3 is 2.70 bits per heavy atom. The average Bonchev–Trinajstić information content (AvgIpc) is 2.64. The average molecular weight is 142 g/mol. The van der Waals surface area contributed by atoms with Gasteiger partial charge in [-0.2, -0.15) is 0 Å². The van der Waals surface area contributed by atoms with E-state index in [1.165, 1.54) is 0 Å². The molecule has 0 aromatic heterocycles. The van der Waals surface area contributed by atoms with E-state index in [-0.39, 0.29) is 11.4 Å². The molecule has 2 heteroatoms. The van der Waals surface area contributed by atoms with E-state index in [9.17, 15) is 4.79 Å². The Hall–Kier alpha value is -0.370. The van der Waals surface area contributed by atoms with Gasteiger partial charge >= 0.3 is 0 Å². The highest BCUT2D eigenvalue weighted by Gasteiger charge is 2.45. The molecule has 0 aliphatic carbocycles. The quantitative estimate of drug-likeness (QED) is 0.557. The largest absolute Gasteiger partial charge is 0.362 e. The number of hydrogen-bond donors (Lipinski definition) is 0. The summed E-state index contributed by atoms with van der Waals surface area (Å²) in [5.74, 6) is 0.273. The van der Waals surface area contributed by atoms with E-state index in [4.69, 9.17) is 4.74 Å². The fourth-order valence-corrected chi connectivity index (χ4v) is 0.871. The lowest BCUT2D eigenvalue weighted by molar-refractivity contribution is -0.123. The Balaban J connectivity index is 2.22. The first kappa shape index (κ1) is 7.73. The normalized spacial score (nSPS) is 30.2. The van der Waals surface area contributed by atoms with Crippen LogP contribution in [0.4, 0.5) is 0 Å². The van der Waals surface area contributed by atoms with Crippen molar-refractivity contribution < 1.29 is 9.53 Å². The second-order valence-electron chi connectivity index (χ2n) is 3.05. The van der Waals surface area contributed by atoms with Gasteiger partial charge in [0.15, 0.2) is 5.78 Å². The van der Waals surface area contributed by atoms with Crippen LogP contribution in [0.1, 0.15) is 33.1 Å². The van der Waals surface area contributed by atoms with Gasteiger partial charge in [-0.3, -0.25) is 4.79 Å². The molecule has 58 valence electrons. The Kier molecular flexibility index (Phi) is 2.09. The van der Waals surface area contributed by atoms with Gasteiger partial charge in [0.2, 0.25) is 0 Å². The summed E-state index contributed by atoms with van der Waals surface area (Å²) in [6.45, 7) is 4.59. The molecule has 1 atom stereocenters. The second kappa shape index (κ2) is 2.70. The summed E-state index contributed by atoms with van der Waals surface area (Å²) in [7, 11) is 0. The summed E-state index contributed by atoms with van der Waals surface area (Å²) in [6, 6.07) is 0. The van der Waals surface area contributed by atoms with Crippen LogP contribution in [0, 0.1) is 0 Å². The van der Waals surface area contributed by atoms with Crippen LogP contribution >= 0.6 is 0 Å². The molecule has 0 radical (unpaired) electrons. The Labute approximate surface area is 61.6 Å². The third kappa shape index (κ3) is 1.57. The summed E-state index contributed by atoms with van der Waals surface area (Å²) in [4.78, 5) is 11.2. The van der Waals surface area contributed by atoms with E-state index < -0.39 is 0 Å².